The van der Waals surface area contributed by atoms with Gasteiger partial charge in [-0.2, -0.15) is 0 Å². The Morgan fingerprint density at radius 3 is 2.79 bits per heavy atom. The minimum Gasteiger partial charge on any atom is -0.492 e. The van der Waals surface area contributed by atoms with Crippen molar-refractivity contribution >= 4 is 0 Å². The third-order valence-corrected chi connectivity index (χ3v) is 5.59. The molecular weight excluding hydrogens is 425 g/mol. The van der Waals surface area contributed by atoms with Gasteiger partial charge in [-0.15, -0.1) is 0 Å². The van der Waals surface area contributed by atoms with Crippen LogP contribution in [0.5, 0.6) is 11.5 Å². The van der Waals surface area contributed by atoms with Crippen molar-refractivity contribution in [2.75, 3.05) is 39.5 Å². The molecule has 4 rings (SSSR count). The fourth-order valence-corrected chi connectivity index (χ4v) is 3.86. The summed E-state index contributed by atoms with van der Waals surface area (Å²) in [6, 6.07) is 13.8. The van der Waals surface area contributed by atoms with Gasteiger partial charge in [0.05, 0.1) is 19.8 Å². The highest BCUT2D eigenvalue weighted by atomic mass is 19.1. The molecule has 0 spiro atoms. The van der Waals surface area contributed by atoms with Crippen molar-refractivity contribution in [1.29, 1.82) is 0 Å². The number of β-amino-alcohol motifs (C(OH)–C–C–N with tert-alkyl or cyclic N) is 1. The highest BCUT2D eigenvalue weighted by Crippen LogP contribution is 2.20. The van der Waals surface area contributed by atoms with E-state index in [2.05, 4.69) is 14.5 Å². The van der Waals surface area contributed by atoms with E-state index in [0.717, 1.165) is 23.7 Å². The maximum Gasteiger partial charge on any atom is 0.134 e. The highest BCUT2D eigenvalue weighted by Gasteiger charge is 2.33. The molecule has 33 heavy (non-hydrogen) atoms. The Morgan fingerprint density at radius 1 is 1.15 bits per heavy atom. The molecule has 0 aliphatic carbocycles. The minimum atomic E-state index is -1.17. The first-order valence-electron chi connectivity index (χ1n) is 11.1. The van der Waals surface area contributed by atoms with Crippen molar-refractivity contribution in [3.63, 3.8) is 0 Å². The van der Waals surface area contributed by atoms with E-state index in [1.54, 1.807) is 18.3 Å². The van der Waals surface area contributed by atoms with Crippen LogP contribution < -0.4 is 9.47 Å². The zero-order chi connectivity index (χ0) is 23.1. The molecule has 7 nitrogen and oxygen atoms in total. The lowest BCUT2D eigenvalue weighted by atomic mass is 10.1. The maximum absolute atomic E-state index is 13.1. The molecule has 1 aromatic heterocycles. The maximum atomic E-state index is 13.1. The van der Waals surface area contributed by atoms with Crippen molar-refractivity contribution < 1.29 is 23.7 Å². The molecule has 3 aromatic rings. The van der Waals surface area contributed by atoms with E-state index in [4.69, 9.17) is 14.2 Å². The van der Waals surface area contributed by atoms with E-state index >= 15 is 0 Å². The molecule has 0 amide bonds. The van der Waals surface area contributed by atoms with Gasteiger partial charge in [-0.1, -0.05) is 12.1 Å². The fourth-order valence-electron chi connectivity index (χ4n) is 3.86. The van der Waals surface area contributed by atoms with E-state index in [1.807, 2.05) is 37.4 Å². The Morgan fingerprint density at radius 2 is 2.00 bits per heavy atom. The average Bonchev–Trinajstić information content (AvgIpc) is 3.11. The molecule has 1 N–H and O–H groups in total. The molecule has 1 fully saturated rings. The van der Waals surface area contributed by atoms with E-state index < -0.39 is 5.60 Å². The lowest BCUT2D eigenvalue weighted by Gasteiger charge is -2.30. The van der Waals surface area contributed by atoms with Crippen LogP contribution in [-0.2, 0) is 17.8 Å². The monoisotopic (exact) mass is 455 g/mol. The van der Waals surface area contributed by atoms with Crippen LogP contribution >= 0.6 is 0 Å². The van der Waals surface area contributed by atoms with Gasteiger partial charge in [-0.05, 0) is 48.9 Å². The van der Waals surface area contributed by atoms with Crippen LogP contribution in [0.15, 0.2) is 60.9 Å². The summed E-state index contributed by atoms with van der Waals surface area (Å²) in [6.45, 7) is 5.78. The lowest BCUT2D eigenvalue weighted by Crippen LogP contribution is -2.48. The normalized spacial score (nSPS) is 19.2. The molecule has 0 unspecified atom stereocenters. The topological polar surface area (TPSA) is 69.0 Å². The Bertz CT molecular complexity index is 1030. The zero-order valence-corrected chi connectivity index (χ0v) is 18.8. The quantitative estimate of drug-likeness (QED) is 0.535. The average molecular weight is 456 g/mol. The first-order chi connectivity index (χ1) is 16.0. The van der Waals surface area contributed by atoms with Crippen LogP contribution in [-0.4, -0.2) is 64.7 Å². The van der Waals surface area contributed by atoms with Gasteiger partial charge in [0.25, 0.3) is 0 Å². The van der Waals surface area contributed by atoms with Gasteiger partial charge in [-0.25, -0.2) is 9.37 Å². The second-order valence-electron chi connectivity index (χ2n) is 8.39. The molecule has 1 aliphatic heterocycles. The molecule has 1 aliphatic rings. The number of benzene rings is 2. The van der Waals surface area contributed by atoms with E-state index in [9.17, 15) is 9.50 Å². The van der Waals surface area contributed by atoms with Crippen LogP contribution in [0.25, 0.3) is 0 Å². The minimum absolute atomic E-state index is 0.0615. The summed E-state index contributed by atoms with van der Waals surface area (Å²) in [6.07, 6.45) is 3.73. The molecular formula is C25H30FN3O4. The van der Waals surface area contributed by atoms with E-state index in [-0.39, 0.29) is 19.0 Å². The molecule has 0 saturated carbocycles. The summed E-state index contributed by atoms with van der Waals surface area (Å²) in [5.41, 5.74) is -0.0724. The number of ether oxygens (including phenoxy) is 3. The predicted octanol–water partition coefficient (Wildman–Crippen LogP) is 3.05. The fraction of sp³-hybridized carbons (Fsp3) is 0.400. The molecule has 0 radical (unpaired) electrons. The molecule has 8 heteroatoms. The molecule has 0 bridgehead atoms. The summed E-state index contributed by atoms with van der Waals surface area (Å²) >= 11 is 0. The van der Waals surface area contributed by atoms with Crippen molar-refractivity contribution in [2.45, 2.75) is 25.6 Å². The van der Waals surface area contributed by atoms with Gasteiger partial charge in [0.2, 0.25) is 0 Å². The second-order valence-corrected chi connectivity index (χ2v) is 8.39. The third kappa shape index (κ3) is 6.77. The van der Waals surface area contributed by atoms with Crippen LogP contribution in [0.1, 0.15) is 11.4 Å². The van der Waals surface area contributed by atoms with Crippen molar-refractivity contribution in [1.82, 2.24) is 14.5 Å². The first-order valence-corrected chi connectivity index (χ1v) is 11.1. The Hall–Kier alpha value is -2.94. The van der Waals surface area contributed by atoms with Crippen molar-refractivity contribution in [2.24, 2.45) is 0 Å². The van der Waals surface area contributed by atoms with Crippen LogP contribution in [0, 0.1) is 12.7 Å². The number of aliphatic hydroxyl groups is 1. The largest absolute Gasteiger partial charge is 0.492 e. The smallest absolute Gasteiger partial charge is 0.134 e. The summed E-state index contributed by atoms with van der Waals surface area (Å²) in [7, 11) is 0. The number of imidazole rings is 1. The van der Waals surface area contributed by atoms with E-state index in [1.165, 1.54) is 12.1 Å². The molecule has 1 saturated heterocycles. The number of hydrogen-bond acceptors (Lipinski definition) is 6. The summed E-state index contributed by atoms with van der Waals surface area (Å²) in [4.78, 5) is 6.37. The lowest BCUT2D eigenvalue weighted by molar-refractivity contribution is -0.0646. The summed E-state index contributed by atoms with van der Waals surface area (Å²) in [5.74, 6) is 1.96. The highest BCUT2D eigenvalue weighted by molar-refractivity contribution is 5.28. The summed E-state index contributed by atoms with van der Waals surface area (Å²) in [5, 5.41) is 11.1. The Labute approximate surface area is 193 Å². The predicted molar refractivity (Wildman–Crippen MR) is 122 cm³/mol. The third-order valence-electron chi connectivity index (χ3n) is 5.59. The SMILES string of the molecule is Cc1nccn1CCOc1cccc(CN2CCOC[C@@](O)(COc3ccc(F)cc3)C2)c1. The number of aryl methyl sites for hydroxylation is 1. The number of halogens is 1. The first kappa shape index (κ1) is 23.2. The molecule has 2 heterocycles. The molecule has 1 atom stereocenters. The van der Waals surface area contributed by atoms with Crippen LogP contribution in [0.4, 0.5) is 4.39 Å². The molecule has 176 valence electrons. The van der Waals surface area contributed by atoms with Gasteiger partial charge < -0.3 is 23.9 Å². The van der Waals surface area contributed by atoms with Gasteiger partial charge in [0.15, 0.2) is 0 Å². The molecule has 2 aromatic carbocycles. The van der Waals surface area contributed by atoms with Crippen LogP contribution in [0.3, 0.4) is 0 Å². The number of hydrogen-bond donors (Lipinski definition) is 1. The number of aromatic nitrogens is 2. The Balaban J connectivity index is 1.32. The van der Waals surface area contributed by atoms with Gasteiger partial charge >= 0.3 is 0 Å². The van der Waals surface area contributed by atoms with Crippen molar-refractivity contribution in [3.8, 4) is 11.5 Å². The number of rotatable bonds is 9. The van der Waals surface area contributed by atoms with Crippen molar-refractivity contribution in [3.05, 3.63) is 78.1 Å². The Kier molecular flexibility index (Phi) is 7.59. The zero-order valence-electron chi connectivity index (χ0n) is 18.8. The van der Waals surface area contributed by atoms with E-state index in [0.29, 0.717) is 38.6 Å². The second kappa shape index (κ2) is 10.8. The van der Waals surface area contributed by atoms with Crippen LogP contribution in [0.2, 0.25) is 0 Å². The van der Waals surface area contributed by atoms with Gasteiger partial charge in [0, 0.05) is 32.0 Å². The summed E-state index contributed by atoms with van der Waals surface area (Å²) < 4.78 is 32.4. The standard InChI is InChI=1S/C25H30FN3O4/c1-20-27-9-10-29(20)12-14-32-24-4-2-3-21(15-24)16-28-11-13-31-18-25(30,17-28)19-33-23-7-5-22(26)6-8-23/h2-10,15,30H,11-14,16-19H2,1H3/t25-/m1/s1. The number of nitrogens with zero attached hydrogens (tertiary/aromatic N) is 3. The van der Waals surface area contributed by atoms with Gasteiger partial charge in [-0.3, -0.25) is 4.90 Å². The van der Waals surface area contributed by atoms with Gasteiger partial charge in [0.1, 0.15) is 42.0 Å².